The fourth-order valence-corrected chi connectivity index (χ4v) is 3.93. The molecule has 3 rings (SSSR count). The first-order valence-corrected chi connectivity index (χ1v) is 8.60. The SMILES string of the molecule is CN(C)C(=O)N1CCO[C@@H]2[C@@H](OCCN3CCCC3)CC[C@H]21. The first-order valence-electron chi connectivity index (χ1n) is 8.60. The van der Waals surface area contributed by atoms with Crippen LogP contribution >= 0.6 is 0 Å². The number of urea groups is 1. The minimum atomic E-state index is 0.0521. The van der Waals surface area contributed by atoms with E-state index in [1.807, 2.05) is 19.0 Å². The van der Waals surface area contributed by atoms with Gasteiger partial charge in [0.15, 0.2) is 0 Å². The van der Waals surface area contributed by atoms with Crippen molar-refractivity contribution in [1.82, 2.24) is 14.7 Å². The van der Waals surface area contributed by atoms with Gasteiger partial charge in [-0.05, 0) is 38.8 Å². The zero-order valence-corrected chi connectivity index (χ0v) is 13.9. The van der Waals surface area contributed by atoms with Gasteiger partial charge in [-0.15, -0.1) is 0 Å². The molecular weight excluding hydrogens is 282 g/mol. The Morgan fingerprint density at radius 2 is 2.00 bits per heavy atom. The second-order valence-corrected chi connectivity index (χ2v) is 6.81. The molecule has 2 aliphatic heterocycles. The lowest BCUT2D eigenvalue weighted by molar-refractivity contribution is -0.105. The van der Waals surface area contributed by atoms with Crippen molar-refractivity contribution >= 4 is 6.03 Å². The second-order valence-electron chi connectivity index (χ2n) is 6.81. The van der Waals surface area contributed by atoms with Gasteiger partial charge in [0.25, 0.3) is 0 Å². The van der Waals surface area contributed by atoms with Gasteiger partial charge in [0.2, 0.25) is 0 Å². The van der Waals surface area contributed by atoms with Gasteiger partial charge in [0.05, 0.1) is 25.4 Å². The molecule has 0 spiro atoms. The van der Waals surface area contributed by atoms with E-state index in [1.165, 1.54) is 25.9 Å². The maximum absolute atomic E-state index is 12.3. The summed E-state index contributed by atoms with van der Waals surface area (Å²) in [6.45, 7) is 5.53. The first-order chi connectivity index (χ1) is 10.7. The van der Waals surface area contributed by atoms with Crippen molar-refractivity contribution in [2.24, 2.45) is 0 Å². The summed E-state index contributed by atoms with van der Waals surface area (Å²) in [4.78, 5) is 18.4. The van der Waals surface area contributed by atoms with E-state index >= 15 is 0 Å². The summed E-state index contributed by atoms with van der Waals surface area (Å²) >= 11 is 0. The van der Waals surface area contributed by atoms with Gasteiger partial charge in [-0.1, -0.05) is 0 Å². The third-order valence-corrected chi connectivity index (χ3v) is 5.10. The van der Waals surface area contributed by atoms with Gasteiger partial charge in [-0.2, -0.15) is 0 Å². The molecule has 2 heterocycles. The van der Waals surface area contributed by atoms with E-state index in [1.54, 1.807) is 4.90 Å². The largest absolute Gasteiger partial charge is 0.374 e. The van der Waals surface area contributed by atoms with Crippen LogP contribution in [-0.2, 0) is 9.47 Å². The maximum atomic E-state index is 12.3. The number of morpholine rings is 1. The average Bonchev–Trinajstić information content (AvgIpc) is 3.16. The molecule has 3 fully saturated rings. The molecule has 0 bridgehead atoms. The summed E-state index contributed by atoms with van der Waals surface area (Å²) in [7, 11) is 3.62. The topological polar surface area (TPSA) is 45.3 Å². The Balaban J connectivity index is 1.50. The van der Waals surface area contributed by atoms with Crippen LogP contribution in [0.5, 0.6) is 0 Å². The predicted molar refractivity (Wildman–Crippen MR) is 84.0 cm³/mol. The molecule has 0 aromatic rings. The monoisotopic (exact) mass is 311 g/mol. The van der Waals surface area contributed by atoms with Crippen LogP contribution in [0.1, 0.15) is 25.7 Å². The molecule has 22 heavy (non-hydrogen) atoms. The van der Waals surface area contributed by atoms with E-state index < -0.39 is 0 Å². The number of ether oxygens (including phenoxy) is 2. The van der Waals surface area contributed by atoms with E-state index in [9.17, 15) is 4.79 Å². The highest BCUT2D eigenvalue weighted by Crippen LogP contribution is 2.32. The first kappa shape index (κ1) is 16.0. The summed E-state index contributed by atoms with van der Waals surface area (Å²) in [5.74, 6) is 0. The highest BCUT2D eigenvalue weighted by atomic mass is 16.5. The van der Waals surface area contributed by atoms with Crippen molar-refractivity contribution in [2.45, 2.75) is 43.9 Å². The van der Waals surface area contributed by atoms with Crippen molar-refractivity contribution in [1.29, 1.82) is 0 Å². The third-order valence-electron chi connectivity index (χ3n) is 5.10. The van der Waals surface area contributed by atoms with E-state index in [4.69, 9.17) is 9.47 Å². The molecule has 2 amide bonds. The van der Waals surface area contributed by atoms with Crippen LogP contribution in [0.3, 0.4) is 0 Å². The average molecular weight is 311 g/mol. The van der Waals surface area contributed by atoms with Gasteiger partial charge in [-0.3, -0.25) is 0 Å². The van der Waals surface area contributed by atoms with E-state index in [-0.39, 0.29) is 24.3 Å². The van der Waals surface area contributed by atoms with Gasteiger partial charge in [0.1, 0.15) is 6.10 Å². The summed E-state index contributed by atoms with van der Waals surface area (Å²) in [6, 6.07) is 0.274. The molecule has 1 aliphatic carbocycles. The normalized spacial score (nSPS) is 32.3. The van der Waals surface area contributed by atoms with E-state index in [0.717, 1.165) is 26.0 Å². The second kappa shape index (κ2) is 7.15. The smallest absolute Gasteiger partial charge is 0.319 e. The summed E-state index contributed by atoms with van der Waals surface area (Å²) < 4.78 is 12.1. The van der Waals surface area contributed by atoms with Crippen molar-refractivity contribution in [3.63, 3.8) is 0 Å². The molecule has 3 atom stereocenters. The summed E-state index contributed by atoms with van der Waals surface area (Å²) in [5.41, 5.74) is 0. The molecule has 6 heteroatoms. The van der Waals surface area contributed by atoms with Crippen LogP contribution in [0.25, 0.3) is 0 Å². The highest BCUT2D eigenvalue weighted by Gasteiger charge is 2.45. The van der Waals surface area contributed by atoms with Crippen molar-refractivity contribution in [3.8, 4) is 0 Å². The quantitative estimate of drug-likeness (QED) is 0.777. The predicted octanol–water partition coefficient (Wildman–Crippen LogP) is 1.01. The van der Waals surface area contributed by atoms with E-state index in [2.05, 4.69) is 4.90 Å². The van der Waals surface area contributed by atoms with Gasteiger partial charge in [0, 0.05) is 27.2 Å². The molecule has 3 aliphatic rings. The maximum Gasteiger partial charge on any atom is 0.319 e. The number of rotatable bonds is 4. The van der Waals surface area contributed by atoms with Gasteiger partial charge >= 0.3 is 6.03 Å². The highest BCUT2D eigenvalue weighted by molar-refractivity contribution is 5.74. The Bertz CT molecular complexity index is 385. The number of nitrogens with zero attached hydrogens (tertiary/aromatic N) is 3. The number of carbonyl (C=O) groups excluding carboxylic acids is 1. The number of fused-ring (bicyclic) bond motifs is 1. The number of likely N-dealkylation sites (tertiary alicyclic amines) is 1. The molecular formula is C16H29N3O3. The van der Waals surface area contributed by atoms with Crippen LogP contribution < -0.4 is 0 Å². The van der Waals surface area contributed by atoms with Crippen molar-refractivity contribution < 1.29 is 14.3 Å². The standard InChI is InChI=1S/C16H29N3O3/c1-17(2)16(20)19-10-12-22-15-13(19)5-6-14(15)21-11-9-18-7-3-4-8-18/h13-15H,3-12H2,1-2H3/t13-,14+,15+/m1/s1. The molecule has 0 aromatic heterocycles. The Labute approximate surface area is 133 Å². The molecule has 1 saturated carbocycles. The van der Waals surface area contributed by atoms with Crippen molar-refractivity contribution in [3.05, 3.63) is 0 Å². The lowest BCUT2D eigenvalue weighted by Gasteiger charge is -2.40. The van der Waals surface area contributed by atoms with Crippen LogP contribution in [0.2, 0.25) is 0 Å². The lowest BCUT2D eigenvalue weighted by Crippen LogP contribution is -2.56. The Kier molecular flexibility index (Phi) is 5.21. The van der Waals surface area contributed by atoms with Crippen LogP contribution in [0.15, 0.2) is 0 Å². The fourth-order valence-electron chi connectivity index (χ4n) is 3.93. The van der Waals surface area contributed by atoms with Gasteiger partial charge < -0.3 is 24.2 Å². The van der Waals surface area contributed by atoms with Crippen LogP contribution in [-0.4, -0.2) is 92.5 Å². The lowest BCUT2D eigenvalue weighted by atomic mass is 10.1. The number of carbonyl (C=O) groups is 1. The van der Waals surface area contributed by atoms with Crippen LogP contribution in [0.4, 0.5) is 4.79 Å². The molecule has 6 nitrogen and oxygen atoms in total. The fraction of sp³-hybridized carbons (Fsp3) is 0.938. The number of hydrogen-bond acceptors (Lipinski definition) is 4. The van der Waals surface area contributed by atoms with E-state index in [0.29, 0.717) is 13.2 Å². The van der Waals surface area contributed by atoms with Crippen molar-refractivity contribution in [2.75, 3.05) is 53.5 Å². The zero-order valence-electron chi connectivity index (χ0n) is 13.9. The minimum Gasteiger partial charge on any atom is -0.374 e. The molecule has 2 saturated heterocycles. The van der Waals surface area contributed by atoms with Crippen LogP contribution in [0, 0.1) is 0 Å². The Hall–Kier alpha value is -0.850. The molecule has 126 valence electrons. The summed E-state index contributed by atoms with van der Waals surface area (Å²) in [5, 5.41) is 0. The Morgan fingerprint density at radius 3 is 2.73 bits per heavy atom. The van der Waals surface area contributed by atoms with Gasteiger partial charge in [-0.25, -0.2) is 4.79 Å². The number of hydrogen-bond donors (Lipinski definition) is 0. The molecule has 0 N–H and O–H groups in total. The summed E-state index contributed by atoms with van der Waals surface area (Å²) in [6.07, 6.45) is 4.81. The molecule has 0 aromatic carbocycles. The molecule has 0 unspecified atom stereocenters. The zero-order chi connectivity index (χ0) is 15.5. The third kappa shape index (κ3) is 3.39. The minimum absolute atomic E-state index is 0.0521. The Morgan fingerprint density at radius 1 is 1.23 bits per heavy atom. The number of amides is 2. The molecule has 0 radical (unpaired) electrons.